The van der Waals surface area contributed by atoms with Gasteiger partial charge in [0.25, 0.3) is 0 Å². The predicted molar refractivity (Wildman–Crippen MR) is 87.3 cm³/mol. The van der Waals surface area contributed by atoms with Crippen molar-refractivity contribution in [3.05, 3.63) is 56.8 Å². The van der Waals surface area contributed by atoms with Gasteiger partial charge in [-0.2, -0.15) is 0 Å². The summed E-state index contributed by atoms with van der Waals surface area (Å²) < 4.78 is 26.0. The Labute approximate surface area is 143 Å². The Hall–Kier alpha value is -0.780. The van der Waals surface area contributed by atoms with E-state index >= 15 is 0 Å². The second kappa shape index (κ2) is 6.15. The number of ether oxygens (including phenoxy) is 2. The molecule has 0 spiro atoms. The van der Waals surface area contributed by atoms with E-state index in [0.29, 0.717) is 35.3 Å². The molecule has 1 heterocycles. The van der Waals surface area contributed by atoms with Crippen LogP contribution in [-0.2, 0) is 0 Å². The van der Waals surface area contributed by atoms with Crippen molar-refractivity contribution < 1.29 is 13.9 Å². The molecule has 6 heteroatoms. The minimum atomic E-state index is -0.392. The van der Waals surface area contributed by atoms with Crippen LogP contribution in [-0.4, -0.2) is 13.2 Å². The molecule has 0 radical (unpaired) electrons. The molecule has 0 saturated carbocycles. The number of rotatable bonds is 2. The summed E-state index contributed by atoms with van der Waals surface area (Å²) >= 11 is 13.1. The topological polar surface area (TPSA) is 18.5 Å². The average Bonchev–Trinajstić information content (AvgIpc) is 2.46. The van der Waals surface area contributed by atoms with Crippen LogP contribution >= 0.6 is 43.5 Å². The maximum Gasteiger partial charge on any atom is 0.162 e. The van der Waals surface area contributed by atoms with E-state index in [1.807, 2.05) is 12.1 Å². The van der Waals surface area contributed by atoms with Crippen molar-refractivity contribution in [2.75, 3.05) is 13.2 Å². The lowest BCUT2D eigenvalue weighted by molar-refractivity contribution is 0.171. The molecule has 2 nitrogen and oxygen atoms in total. The number of halogens is 4. The molecule has 3 rings (SSSR count). The minimum Gasteiger partial charge on any atom is -0.486 e. The summed E-state index contributed by atoms with van der Waals surface area (Å²) in [6.45, 7) is 1.02. The third kappa shape index (κ3) is 2.91. The van der Waals surface area contributed by atoms with Crippen LogP contribution < -0.4 is 9.47 Å². The van der Waals surface area contributed by atoms with Gasteiger partial charge in [-0.15, -0.1) is 0 Å². The number of alkyl halides is 1. The lowest BCUT2D eigenvalue weighted by atomic mass is 10.0. The SMILES string of the molecule is Fc1cccc(Cl)c1C(Br)c1cc2c(cc1Br)OCCO2. The Balaban J connectivity index is 2.07. The number of benzene rings is 2. The zero-order valence-corrected chi connectivity index (χ0v) is 14.6. The zero-order valence-electron chi connectivity index (χ0n) is 10.7. The molecule has 21 heavy (non-hydrogen) atoms. The van der Waals surface area contributed by atoms with Gasteiger partial charge in [0.1, 0.15) is 19.0 Å². The lowest BCUT2D eigenvalue weighted by Gasteiger charge is -2.22. The molecule has 1 aliphatic rings. The standard InChI is InChI=1S/C15H10Br2ClFO2/c16-9-7-13-12(20-4-5-21-13)6-8(9)15(17)14-10(18)2-1-3-11(14)19/h1-3,6-7,15H,4-5H2. The monoisotopic (exact) mass is 434 g/mol. The summed E-state index contributed by atoms with van der Waals surface area (Å²) in [7, 11) is 0. The van der Waals surface area contributed by atoms with Crippen LogP contribution in [0.15, 0.2) is 34.8 Å². The first-order valence-corrected chi connectivity index (χ1v) is 8.33. The number of fused-ring (bicyclic) bond motifs is 1. The van der Waals surface area contributed by atoms with Gasteiger partial charge in [-0.05, 0) is 29.8 Å². The van der Waals surface area contributed by atoms with Crippen molar-refractivity contribution in [1.82, 2.24) is 0 Å². The third-order valence-electron chi connectivity index (χ3n) is 3.19. The number of hydrogen-bond acceptors (Lipinski definition) is 2. The second-order valence-electron chi connectivity index (χ2n) is 4.52. The second-order valence-corrected chi connectivity index (χ2v) is 6.69. The first-order valence-electron chi connectivity index (χ1n) is 6.25. The van der Waals surface area contributed by atoms with Gasteiger partial charge in [-0.25, -0.2) is 4.39 Å². The largest absolute Gasteiger partial charge is 0.486 e. The van der Waals surface area contributed by atoms with E-state index in [0.717, 1.165) is 10.0 Å². The fourth-order valence-electron chi connectivity index (χ4n) is 2.18. The molecule has 0 N–H and O–H groups in total. The Kier molecular flexibility index (Phi) is 4.43. The summed E-state index contributed by atoms with van der Waals surface area (Å²) in [6.07, 6.45) is 0. The average molecular weight is 437 g/mol. The molecule has 0 fully saturated rings. The predicted octanol–water partition coefficient (Wildman–Crippen LogP) is 5.50. The van der Waals surface area contributed by atoms with Gasteiger partial charge >= 0.3 is 0 Å². The van der Waals surface area contributed by atoms with Gasteiger partial charge in [-0.3, -0.25) is 0 Å². The summed E-state index contributed by atoms with van der Waals surface area (Å²) in [5.41, 5.74) is 1.22. The van der Waals surface area contributed by atoms with E-state index in [-0.39, 0.29) is 5.82 Å². The molecule has 0 aliphatic carbocycles. The molecular weight excluding hydrogens is 426 g/mol. The van der Waals surface area contributed by atoms with Crippen molar-refractivity contribution in [2.24, 2.45) is 0 Å². The summed E-state index contributed by atoms with van der Waals surface area (Å²) in [5, 5.41) is 0.374. The van der Waals surface area contributed by atoms with E-state index in [1.54, 1.807) is 12.1 Å². The lowest BCUT2D eigenvalue weighted by Crippen LogP contribution is -2.15. The van der Waals surface area contributed by atoms with E-state index < -0.39 is 4.83 Å². The van der Waals surface area contributed by atoms with E-state index in [1.165, 1.54) is 6.07 Å². The quantitative estimate of drug-likeness (QED) is 0.579. The molecule has 2 aromatic carbocycles. The molecule has 0 bridgehead atoms. The van der Waals surface area contributed by atoms with Gasteiger partial charge < -0.3 is 9.47 Å². The molecule has 1 unspecified atom stereocenters. The summed E-state index contributed by atoms with van der Waals surface area (Å²) in [6, 6.07) is 8.30. The fourth-order valence-corrected chi connectivity index (χ4v) is 4.29. The van der Waals surface area contributed by atoms with Gasteiger partial charge in [0, 0.05) is 15.1 Å². The molecule has 0 amide bonds. The van der Waals surface area contributed by atoms with Crippen molar-refractivity contribution in [3.8, 4) is 11.5 Å². The third-order valence-corrected chi connectivity index (χ3v) is 5.16. The van der Waals surface area contributed by atoms with Gasteiger partial charge in [0.05, 0.1) is 4.83 Å². The molecule has 1 atom stereocenters. The molecule has 0 saturated heterocycles. The van der Waals surface area contributed by atoms with Crippen molar-refractivity contribution in [3.63, 3.8) is 0 Å². The summed E-state index contributed by atoms with van der Waals surface area (Å²) in [4.78, 5) is -0.392. The highest BCUT2D eigenvalue weighted by molar-refractivity contribution is 9.11. The highest BCUT2D eigenvalue weighted by Gasteiger charge is 2.23. The highest BCUT2D eigenvalue weighted by Crippen LogP contribution is 2.44. The van der Waals surface area contributed by atoms with Gasteiger partial charge in [0.2, 0.25) is 0 Å². The fraction of sp³-hybridized carbons (Fsp3) is 0.200. The van der Waals surface area contributed by atoms with Crippen molar-refractivity contribution in [2.45, 2.75) is 4.83 Å². The summed E-state index contributed by atoms with van der Waals surface area (Å²) in [5.74, 6) is 0.971. The Morgan fingerprint density at radius 2 is 1.81 bits per heavy atom. The minimum absolute atomic E-state index is 0.355. The smallest absolute Gasteiger partial charge is 0.162 e. The van der Waals surface area contributed by atoms with E-state index in [9.17, 15) is 4.39 Å². The number of hydrogen-bond donors (Lipinski definition) is 0. The molecule has 1 aliphatic heterocycles. The Morgan fingerprint density at radius 1 is 1.14 bits per heavy atom. The normalized spacial score (nSPS) is 14.9. The Bertz CT molecular complexity index is 673. The van der Waals surface area contributed by atoms with Crippen LogP contribution in [0.2, 0.25) is 5.02 Å². The molecule has 110 valence electrons. The van der Waals surface area contributed by atoms with Crippen molar-refractivity contribution >= 4 is 43.5 Å². The first kappa shape index (κ1) is 15.1. The van der Waals surface area contributed by atoms with Crippen LogP contribution in [0.25, 0.3) is 0 Å². The molecule has 0 aromatic heterocycles. The molecular formula is C15H10Br2ClFO2. The van der Waals surface area contributed by atoms with Crippen LogP contribution in [0, 0.1) is 5.82 Å². The van der Waals surface area contributed by atoms with Crippen LogP contribution in [0.4, 0.5) is 4.39 Å². The zero-order chi connectivity index (χ0) is 15.0. The van der Waals surface area contributed by atoms with Crippen LogP contribution in [0.5, 0.6) is 11.5 Å². The Morgan fingerprint density at radius 3 is 2.48 bits per heavy atom. The molecule has 2 aromatic rings. The van der Waals surface area contributed by atoms with E-state index in [4.69, 9.17) is 21.1 Å². The highest BCUT2D eigenvalue weighted by atomic mass is 79.9. The van der Waals surface area contributed by atoms with Crippen LogP contribution in [0.1, 0.15) is 16.0 Å². The van der Waals surface area contributed by atoms with E-state index in [2.05, 4.69) is 31.9 Å². The van der Waals surface area contributed by atoms with Crippen molar-refractivity contribution in [1.29, 1.82) is 0 Å². The van der Waals surface area contributed by atoms with Crippen LogP contribution in [0.3, 0.4) is 0 Å². The maximum absolute atomic E-state index is 14.1. The first-order chi connectivity index (χ1) is 10.1. The van der Waals surface area contributed by atoms with Gasteiger partial charge in [0.15, 0.2) is 11.5 Å². The maximum atomic E-state index is 14.1. The van der Waals surface area contributed by atoms with Gasteiger partial charge in [-0.1, -0.05) is 49.5 Å².